The number of benzene rings is 1. The van der Waals surface area contributed by atoms with Gasteiger partial charge in [-0.2, -0.15) is 5.10 Å². The lowest BCUT2D eigenvalue weighted by molar-refractivity contribution is 0.265. The Kier molecular flexibility index (Phi) is 6.69. The first-order valence-electron chi connectivity index (χ1n) is 12.6. The second kappa shape index (κ2) is 10.1. The molecule has 0 atom stereocenters. The van der Waals surface area contributed by atoms with Gasteiger partial charge in [0.15, 0.2) is 0 Å². The lowest BCUT2D eigenvalue weighted by Gasteiger charge is -2.39. The normalized spacial score (nSPS) is 14.7. The van der Waals surface area contributed by atoms with Crippen molar-refractivity contribution in [1.82, 2.24) is 24.7 Å². The minimum atomic E-state index is -0.109. The van der Waals surface area contributed by atoms with E-state index in [0.29, 0.717) is 11.9 Å². The van der Waals surface area contributed by atoms with Crippen LogP contribution >= 0.6 is 0 Å². The van der Waals surface area contributed by atoms with Crippen molar-refractivity contribution in [2.75, 3.05) is 23.3 Å². The van der Waals surface area contributed by atoms with Gasteiger partial charge in [-0.3, -0.25) is 9.67 Å². The maximum atomic E-state index is 6.34. The number of hydrogen-bond acceptors (Lipinski definition) is 7. The first-order valence-corrected chi connectivity index (χ1v) is 12.6. The van der Waals surface area contributed by atoms with Crippen molar-refractivity contribution in [1.29, 1.82) is 0 Å². The highest BCUT2D eigenvalue weighted by atomic mass is 15.3. The van der Waals surface area contributed by atoms with Gasteiger partial charge in [-0.15, -0.1) is 0 Å². The van der Waals surface area contributed by atoms with E-state index in [4.69, 9.17) is 15.8 Å². The van der Waals surface area contributed by atoms with E-state index < -0.39 is 0 Å². The molecule has 8 nitrogen and oxygen atoms in total. The van der Waals surface area contributed by atoms with Crippen molar-refractivity contribution in [3.8, 4) is 22.5 Å². The second-order valence-corrected chi connectivity index (χ2v) is 10.0. The summed E-state index contributed by atoms with van der Waals surface area (Å²) in [6, 6.07) is 14.3. The molecule has 8 heteroatoms. The number of nitrogens with two attached hydrogens (primary N) is 1. The van der Waals surface area contributed by atoms with E-state index in [1.54, 1.807) is 12.4 Å². The standard InChI is InChI=1S/C28H34N8/c1-4-36-19-24(26(34-36)20-6-5-14-30-18-20)25-11-15-31-27(33-25)32-22-7-9-23(10-8-22)35-16-12-21(13-17-35)28(2,3)29/h5-11,14-15,18-19,21H,4,12-13,16-17,29H2,1-3H3,(H,31,32,33). The molecular formula is C28H34N8. The zero-order chi connectivity index (χ0) is 25.1. The van der Waals surface area contributed by atoms with Gasteiger partial charge >= 0.3 is 0 Å². The van der Waals surface area contributed by atoms with Crippen LogP contribution in [0.3, 0.4) is 0 Å². The van der Waals surface area contributed by atoms with Crippen LogP contribution in [0, 0.1) is 5.92 Å². The average Bonchev–Trinajstić information content (AvgIpc) is 3.34. The summed E-state index contributed by atoms with van der Waals surface area (Å²) in [6.07, 6.45) is 9.64. The molecule has 1 aliphatic rings. The van der Waals surface area contributed by atoms with Crippen molar-refractivity contribution in [2.24, 2.45) is 11.7 Å². The molecule has 1 aliphatic heterocycles. The molecule has 0 amide bonds. The van der Waals surface area contributed by atoms with Crippen molar-refractivity contribution < 1.29 is 0 Å². The predicted molar refractivity (Wildman–Crippen MR) is 145 cm³/mol. The third-order valence-corrected chi connectivity index (χ3v) is 6.99. The van der Waals surface area contributed by atoms with Crippen molar-refractivity contribution >= 4 is 17.3 Å². The molecule has 0 saturated carbocycles. The number of nitrogens with one attached hydrogen (secondary N) is 1. The lowest BCUT2D eigenvalue weighted by atomic mass is 9.81. The molecule has 1 fully saturated rings. The van der Waals surface area contributed by atoms with Crippen LogP contribution in [0.2, 0.25) is 0 Å². The number of hydrogen-bond donors (Lipinski definition) is 2. The van der Waals surface area contributed by atoms with Crippen LogP contribution in [0.1, 0.15) is 33.6 Å². The molecule has 0 unspecified atom stereocenters. The largest absolute Gasteiger partial charge is 0.372 e. The van der Waals surface area contributed by atoms with Gasteiger partial charge in [0.25, 0.3) is 0 Å². The number of aromatic nitrogens is 5. The van der Waals surface area contributed by atoms with Crippen LogP contribution in [-0.4, -0.2) is 43.4 Å². The summed E-state index contributed by atoms with van der Waals surface area (Å²) in [5, 5.41) is 8.10. The Morgan fingerprint density at radius 3 is 2.50 bits per heavy atom. The van der Waals surface area contributed by atoms with Gasteiger partial charge < -0.3 is 16.0 Å². The van der Waals surface area contributed by atoms with Gasteiger partial charge in [-0.25, -0.2) is 9.97 Å². The number of nitrogens with zero attached hydrogens (tertiary/aromatic N) is 6. The fourth-order valence-electron chi connectivity index (χ4n) is 4.82. The van der Waals surface area contributed by atoms with Crippen LogP contribution in [0.25, 0.3) is 22.5 Å². The third kappa shape index (κ3) is 5.23. The average molecular weight is 483 g/mol. The first kappa shape index (κ1) is 23.9. The van der Waals surface area contributed by atoms with E-state index in [2.05, 4.69) is 65.2 Å². The van der Waals surface area contributed by atoms with Crippen LogP contribution in [0.15, 0.2) is 67.3 Å². The fraction of sp³-hybridized carbons (Fsp3) is 0.357. The van der Waals surface area contributed by atoms with Gasteiger partial charge in [0.2, 0.25) is 5.95 Å². The number of anilines is 3. The van der Waals surface area contributed by atoms with E-state index in [9.17, 15) is 0 Å². The molecule has 1 saturated heterocycles. The Morgan fingerprint density at radius 2 is 1.83 bits per heavy atom. The smallest absolute Gasteiger partial charge is 0.227 e. The van der Waals surface area contributed by atoms with Gasteiger partial charge in [-0.05, 0) is 82.0 Å². The summed E-state index contributed by atoms with van der Waals surface area (Å²) in [5.41, 5.74) is 12.0. The number of piperidine rings is 1. The molecule has 3 N–H and O–H groups in total. The van der Waals surface area contributed by atoms with Crippen molar-refractivity contribution in [3.05, 3.63) is 67.3 Å². The topological polar surface area (TPSA) is 97.8 Å². The Labute approximate surface area is 212 Å². The monoisotopic (exact) mass is 482 g/mol. The molecule has 5 rings (SSSR count). The molecule has 3 aromatic heterocycles. The molecule has 1 aromatic carbocycles. The summed E-state index contributed by atoms with van der Waals surface area (Å²) in [4.78, 5) is 15.9. The summed E-state index contributed by atoms with van der Waals surface area (Å²) < 4.78 is 1.92. The van der Waals surface area contributed by atoms with Gasteiger partial charge in [0, 0.05) is 72.5 Å². The van der Waals surface area contributed by atoms with Crippen LogP contribution in [-0.2, 0) is 6.54 Å². The number of aryl methyl sites for hydroxylation is 1. The quantitative estimate of drug-likeness (QED) is 0.377. The highest BCUT2D eigenvalue weighted by molar-refractivity contribution is 5.78. The van der Waals surface area contributed by atoms with E-state index in [1.165, 1.54) is 5.69 Å². The van der Waals surface area contributed by atoms with E-state index in [0.717, 1.165) is 60.7 Å². The zero-order valence-electron chi connectivity index (χ0n) is 21.2. The summed E-state index contributed by atoms with van der Waals surface area (Å²) in [7, 11) is 0. The maximum Gasteiger partial charge on any atom is 0.227 e. The number of rotatable bonds is 7. The fourth-order valence-corrected chi connectivity index (χ4v) is 4.82. The second-order valence-electron chi connectivity index (χ2n) is 10.0. The molecular weight excluding hydrogens is 448 g/mol. The minimum absolute atomic E-state index is 0.109. The molecule has 186 valence electrons. The van der Waals surface area contributed by atoms with Gasteiger partial charge in [0.1, 0.15) is 5.69 Å². The summed E-state index contributed by atoms with van der Waals surface area (Å²) in [5.74, 6) is 1.12. The number of pyridine rings is 1. The zero-order valence-corrected chi connectivity index (χ0v) is 21.2. The van der Waals surface area contributed by atoms with Gasteiger partial charge in [-0.1, -0.05) is 0 Å². The van der Waals surface area contributed by atoms with Crippen molar-refractivity contribution in [2.45, 2.75) is 45.7 Å². The molecule has 0 aliphatic carbocycles. The highest BCUT2D eigenvalue weighted by Crippen LogP contribution is 2.31. The lowest BCUT2D eigenvalue weighted by Crippen LogP contribution is -2.47. The molecule has 0 radical (unpaired) electrons. The molecule has 4 heterocycles. The predicted octanol–water partition coefficient (Wildman–Crippen LogP) is 5.12. The third-order valence-electron chi connectivity index (χ3n) is 6.99. The highest BCUT2D eigenvalue weighted by Gasteiger charge is 2.29. The maximum absolute atomic E-state index is 6.34. The van der Waals surface area contributed by atoms with E-state index in [1.807, 2.05) is 35.3 Å². The van der Waals surface area contributed by atoms with Crippen molar-refractivity contribution in [3.63, 3.8) is 0 Å². The summed E-state index contributed by atoms with van der Waals surface area (Å²) >= 11 is 0. The van der Waals surface area contributed by atoms with Crippen LogP contribution in [0.4, 0.5) is 17.3 Å². The van der Waals surface area contributed by atoms with Gasteiger partial charge in [0.05, 0.1) is 5.69 Å². The van der Waals surface area contributed by atoms with Crippen LogP contribution < -0.4 is 16.0 Å². The van der Waals surface area contributed by atoms with Crippen LogP contribution in [0.5, 0.6) is 0 Å². The summed E-state index contributed by atoms with van der Waals surface area (Å²) in [6.45, 7) is 9.20. The Bertz CT molecular complexity index is 1280. The Hall–Kier alpha value is -3.78. The Balaban J connectivity index is 1.31. The first-order chi connectivity index (χ1) is 17.4. The molecule has 0 bridgehead atoms. The molecule has 36 heavy (non-hydrogen) atoms. The van der Waals surface area contributed by atoms with E-state index >= 15 is 0 Å². The molecule has 4 aromatic rings. The SMILES string of the molecule is CCn1cc(-c2ccnc(Nc3ccc(N4CCC(C(C)(C)N)CC4)cc3)n2)c(-c2cccnc2)n1. The molecule has 0 spiro atoms. The Morgan fingerprint density at radius 1 is 1.06 bits per heavy atom. The van der Waals surface area contributed by atoms with E-state index in [-0.39, 0.29) is 5.54 Å². The minimum Gasteiger partial charge on any atom is -0.372 e.